The van der Waals surface area contributed by atoms with Crippen molar-refractivity contribution in [3.8, 4) is 0 Å². The van der Waals surface area contributed by atoms with Crippen LogP contribution in [0, 0.1) is 0 Å². The summed E-state index contributed by atoms with van der Waals surface area (Å²) in [6.45, 7) is 0.0269. The molecule has 0 aliphatic rings. The van der Waals surface area contributed by atoms with E-state index in [1.165, 1.54) is 12.1 Å². The monoisotopic (exact) mass is 236 g/mol. The fourth-order valence-electron chi connectivity index (χ4n) is 0.848. The second-order valence-corrected chi connectivity index (χ2v) is 2.99. The first kappa shape index (κ1) is 9.54. The summed E-state index contributed by atoms with van der Waals surface area (Å²) >= 11 is 3.07. The van der Waals surface area contributed by atoms with E-state index in [0.29, 0.717) is 4.60 Å². The zero-order valence-corrected chi connectivity index (χ0v) is 7.68. The lowest BCUT2D eigenvalue weighted by Gasteiger charge is -2.05. The summed E-state index contributed by atoms with van der Waals surface area (Å²) in [6, 6.07) is 2.80. The molecule has 0 saturated carbocycles. The fraction of sp³-hybridized carbons (Fsp3) is 0.286. The van der Waals surface area contributed by atoms with Crippen molar-refractivity contribution in [3.05, 3.63) is 28.0 Å². The van der Waals surface area contributed by atoms with E-state index < -0.39 is 6.43 Å². The van der Waals surface area contributed by atoms with Crippen LogP contribution in [0.1, 0.15) is 17.7 Å². The number of rotatable bonds is 2. The molecule has 0 aliphatic heterocycles. The summed E-state index contributed by atoms with van der Waals surface area (Å²) in [5.74, 6) is 0. The van der Waals surface area contributed by atoms with Gasteiger partial charge in [0.05, 0.1) is 5.69 Å². The van der Waals surface area contributed by atoms with Crippen molar-refractivity contribution in [1.29, 1.82) is 0 Å². The van der Waals surface area contributed by atoms with Crippen molar-refractivity contribution in [2.24, 2.45) is 5.73 Å². The van der Waals surface area contributed by atoms with Crippen LogP contribution in [0.3, 0.4) is 0 Å². The minimum Gasteiger partial charge on any atom is -0.325 e. The van der Waals surface area contributed by atoms with Gasteiger partial charge in [-0.25, -0.2) is 13.8 Å². The normalized spacial score (nSPS) is 10.8. The molecule has 0 aromatic carbocycles. The number of hydrogen-bond acceptors (Lipinski definition) is 2. The van der Waals surface area contributed by atoms with Crippen molar-refractivity contribution in [3.63, 3.8) is 0 Å². The highest BCUT2D eigenvalue weighted by Gasteiger charge is 2.12. The van der Waals surface area contributed by atoms with E-state index in [2.05, 4.69) is 20.9 Å². The van der Waals surface area contributed by atoms with Crippen LogP contribution in [-0.4, -0.2) is 4.98 Å². The van der Waals surface area contributed by atoms with E-state index in [4.69, 9.17) is 5.73 Å². The lowest BCUT2D eigenvalue weighted by Crippen LogP contribution is -2.04. The molecule has 0 aliphatic carbocycles. The molecular formula is C7H7BrF2N2. The van der Waals surface area contributed by atoms with Gasteiger partial charge in [0.25, 0.3) is 6.43 Å². The summed E-state index contributed by atoms with van der Waals surface area (Å²) in [7, 11) is 0. The molecular weight excluding hydrogens is 230 g/mol. The SMILES string of the molecule is NCc1nc(Br)ccc1C(F)F. The third-order valence-electron chi connectivity index (χ3n) is 1.40. The van der Waals surface area contributed by atoms with Gasteiger partial charge >= 0.3 is 0 Å². The van der Waals surface area contributed by atoms with E-state index in [9.17, 15) is 8.78 Å². The molecule has 0 atom stereocenters. The minimum absolute atomic E-state index is 0.0269. The smallest absolute Gasteiger partial charge is 0.265 e. The Morgan fingerprint density at radius 1 is 1.50 bits per heavy atom. The summed E-state index contributed by atoms with van der Waals surface area (Å²) in [6.07, 6.45) is -2.51. The molecule has 66 valence electrons. The largest absolute Gasteiger partial charge is 0.325 e. The second-order valence-electron chi connectivity index (χ2n) is 2.17. The lowest BCUT2D eigenvalue weighted by molar-refractivity contribution is 0.149. The average Bonchev–Trinajstić information content (AvgIpc) is 2.03. The van der Waals surface area contributed by atoms with Gasteiger partial charge in [0, 0.05) is 12.1 Å². The topological polar surface area (TPSA) is 38.9 Å². The molecule has 2 N–H and O–H groups in total. The Balaban J connectivity index is 3.11. The molecule has 0 amide bonds. The highest BCUT2D eigenvalue weighted by molar-refractivity contribution is 9.10. The van der Waals surface area contributed by atoms with Gasteiger partial charge in [-0.3, -0.25) is 0 Å². The molecule has 1 aromatic heterocycles. The quantitative estimate of drug-likeness (QED) is 0.801. The first-order valence-corrected chi connectivity index (χ1v) is 4.08. The molecule has 0 unspecified atom stereocenters. The maximum atomic E-state index is 12.2. The van der Waals surface area contributed by atoms with Crippen LogP contribution in [-0.2, 0) is 6.54 Å². The molecule has 5 heteroatoms. The third kappa shape index (κ3) is 1.98. The van der Waals surface area contributed by atoms with Crippen LogP contribution in [0.4, 0.5) is 8.78 Å². The highest BCUT2D eigenvalue weighted by Crippen LogP contribution is 2.22. The van der Waals surface area contributed by atoms with E-state index in [-0.39, 0.29) is 17.8 Å². The lowest BCUT2D eigenvalue weighted by atomic mass is 10.2. The number of nitrogens with two attached hydrogens (primary N) is 1. The third-order valence-corrected chi connectivity index (χ3v) is 1.85. The summed E-state index contributed by atoms with van der Waals surface area (Å²) in [4.78, 5) is 3.82. The van der Waals surface area contributed by atoms with Crippen LogP contribution < -0.4 is 5.73 Å². The van der Waals surface area contributed by atoms with Crippen molar-refractivity contribution >= 4 is 15.9 Å². The number of hydrogen-bond donors (Lipinski definition) is 1. The standard InChI is InChI=1S/C7H7BrF2N2/c8-6-2-1-4(7(9)10)5(3-11)12-6/h1-2,7H,3,11H2. The van der Waals surface area contributed by atoms with Crippen LogP contribution in [0.15, 0.2) is 16.7 Å². The Morgan fingerprint density at radius 2 is 2.17 bits per heavy atom. The Morgan fingerprint density at radius 3 is 2.67 bits per heavy atom. The first-order valence-electron chi connectivity index (χ1n) is 3.28. The molecule has 12 heavy (non-hydrogen) atoms. The van der Waals surface area contributed by atoms with Crippen molar-refractivity contribution in [2.75, 3.05) is 0 Å². The molecule has 0 fully saturated rings. The zero-order valence-electron chi connectivity index (χ0n) is 6.10. The molecule has 0 spiro atoms. The van der Waals surface area contributed by atoms with Gasteiger partial charge in [0.2, 0.25) is 0 Å². The Kier molecular flexibility index (Phi) is 3.11. The van der Waals surface area contributed by atoms with E-state index in [1.807, 2.05) is 0 Å². The van der Waals surface area contributed by atoms with E-state index in [0.717, 1.165) is 0 Å². The molecule has 1 aromatic rings. The molecule has 0 radical (unpaired) electrons. The predicted molar refractivity (Wildman–Crippen MR) is 44.8 cm³/mol. The number of halogens is 3. The number of alkyl halides is 2. The Bertz CT molecular complexity index is 278. The van der Waals surface area contributed by atoms with Gasteiger partial charge < -0.3 is 5.73 Å². The maximum absolute atomic E-state index is 12.2. The molecule has 2 nitrogen and oxygen atoms in total. The average molecular weight is 237 g/mol. The highest BCUT2D eigenvalue weighted by atomic mass is 79.9. The zero-order chi connectivity index (χ0) is 9.14. The van der Waals surface area contributed by atoms with Gasteiger partial charge in [-0.2, -0.15) is 0 Å². The summed E-state index contributed by atoms with van der Waals surface area (Å²) in [5, 5.41) is 0. The molecule has 0 bridgehead atoms. The van der Waals surface area contributed by atoms with E-state index in [1.54, 1.807) is 0 Å². The van der Waals surface area contributed by atoms with Crippen LogP contribution in [0.5, 0.6) is 0 Å². The van der Waals surface area contributed by atoms with Crippen molar-refractivity contribution in [2.45, 2.75) is 13.0 Å². The van der Waals surface area contributed by atoms with Crippen molar-refractivity contribution < 1.29 is 8.78 Å². The maximum Gasteiger partial charge on any atom is 0.265 e. The number of nitrogens with zero attached hydrogens (tertiary/aromatic N) is 1. The fourth-order valence-corrected chi connectivity index (χ4v) is 1.19. The number of aromatic nitrogens is 1. The van der Waals surface area contributed by atoms with Gasteiger partial charge in [0.1, 0.15) is 4.60 Å². The second kappa shape index (κ2) is 3.91. The van der Waals surface area contributed by atoms with Gasteiger partial charge in [-0.05, 0) is 28.1 Å². The van der Waals surface area contributed by atoms with Crippen LogP contribution in [0.2, 0.25) is 0 Å². The summed E-state index contributed by atoms with van der Waals surface area (Å²) < 4.78 is 25.0. The number of pyridine rings is 1. The molecule has 1 rings (SSSR count). The predicted octanol–water partition coefficient (Wildman–Crippen LogP) is 2.24. The van der Waals surface area contributed by atoms with Gasteiger partial charge in [0.15, 0.2) is 0 Å². The molecule has 0 saturated heterocycles. The Labute approximate surface area is 76.9 Å². The van der Waals surface area contributed by atoms with Gasteiger partial charge in [-0.15, -0.1) is 0 Å². The Hall–Kier alpha value is -0.550. The minimum atomic E-state index is -2.51. The van der Waals surface area contributed by atoms with Crippen LogP contribution in [0.25, 0.3) is 0 Å². The summed E-state index contributed by atoms with van der Waals surface area (Å²) in [5.41, 5.74) is 5.38. The van der Waals surface area contributed by atoms with Gasteiger partial charge in [-0.1, -0.05) is 0 Å². The first-order chi connectivity index (χ1) is 5.65. The molecule has 1 heterocycles. The van der Waals surface area contributed by atoms with Crippen LogP contribution >= 0.6 is 15.9 Å². The van der Waals surface area contributed by atoms with E-state index >= 15 is 0 Å². The van der Waals surface area contributed by atoms with Crippen molar-refractivity contribution in [1.82, 2.24) is 4.98 Å².